The van der Waals surface area contributed by atoms with Gasteiger partial charge in [-0.3, -0.25) is 4.79 Å². The molecule has 1 atom stereocenters. The first-order valence-corrected chi connectivity index (χ1v) is 8.91. The molecule has 4 nitrogen and oxygen atoms in total. The van der Waals surface area contributed by atoms with Gasteiger partial charge in [-0.05, 0) is 43.4 Å². The van der Waals surface area contributed by atoms with Gasteiger partial charge in [-0.15, -0.1) is 0 Å². The number of hydrogen-bond donors (Lipinski definition) is 0. The first-order valence-electron chi connectivity index (χ1n) is 8.91. The Bertz CT molecular complexity index is 584. The van der Waals surface area contributed by atoms with E-state index < -0.39 is 0 Å². The smallest absolute Gasteiger partial charge is 0.251 e. The molecule has 0 saturated carbocycles. The second-order valence-electron chi connectivity index (χ2n) is 7.11. The van der Waals surface area contributed by atoms with Crippen molar-refractivity contribution in [1.29, 1.82) is 0 Å². The van der Waals surface area contributed by atoms with E-state index in [-0.39, 0.29) is 23.4 Å². The molecule has 2 heterocycles. The zero-order valence-electron chi connectivity index (χ0n) is 14.6. The second kappa shape index (κ2) is 7.19. The number of ether oxygens (including phenoxy) is 1. The molecule has 24 heavy (non-hydrogen) atoms. The van der Waals surface area contributed by atoms with E-state index in [4.69, 9.17) is 4.74 Å². The minimum absolute atomic E-state index is 0.108. The lowest BCUT2D eigenvalue weighted by molar-refractivity contribution is -0.190. The van der Waals surface area contributed by atoms with Crippen molar-refractivity contribution in [2.24, 2.45) is 0 Å². The maximum atomic E-state index is 13.2. The number of carbonyl (C=O) groups is 1. The number of nitrogens with zero attached hydrogens (tertiary/aromatic N) is 2. The topological polar surface area (TPSA) is 32.8 Å². The number of carbonyl (C=O) groups excluding carboxylic acids is 1. The molecule has 2 aliphatic heterocycles. The van der Waals surface area contributed by atoms with Gasteiger partial charge in [-0.25, -0.2) is 4.39 Å². The number of amides is 1. The van der Waals surface area contributed by atoms with Crippen molar-refractivity contribution >= 4 is 5.91 Å². The Morgan fingerprint density at radius 2 is 2.08 bits per heavy atom. The Morgan fingerprint density at radius 3 is 2.75 bits per heavy atom. The molecule has 1 amide bonds. The van der Waals surface area contributed by atoms with Crippen LogP contribution < -0.4 is 0 Å². The summed E-state index contributed by atoms with van der Waals surface area (Å²) in [5.74, 6) is -0.0596. The van der Waals surface area contributed by atoms with Crippen molar-refractivity contribution in [3.05, 3.63) is 35.6 Å². The van der Waals surface area contributed by atoms with Gasteiger partial charge in [-0.2, -0.15) is 0 Å². The lowest BCUT2D eigenvalue weighted by Gasteiger charge is -2.48. The van der Waals surface area contributed by atoms with E-state index in [1.165, 1.54) is 6.07 Å². The molecular weight excluding hydrogens is 307 g/mol. The Hall–Kier alpha value is -1.46. The number of rotatable bonds is 4. The van der Waals surface area contributed by atoms with Crippen molar-refractivity contribution in [2.45, 2.75) is 44.3 Å². The van der Waals surface area contributed by atoms with Gasteiger partial charge in [0.1, 0.15) is 11.9 Å². The van der Waals surface area contributed by atoms with Gasteiger partial charge in [0.15, 0.2) is 0 Å². The fraction of sp³-hybridized carbons (Fsp3) is 0.632. The zero-order valence-corrected chi connectivity index (χ0v) is 14.6. The van der Waals surface area contributed by atoms with Crippen molar-refractivity contribution in [1.82, 2.24) is 9.80 Å². The van der Waals surface area contributed by atoms with Gasteiger partial charge in [0.25, 0.3) is 5.91 Å². The Kier molecular flexibility index (Phi) is 5.21. The molecule has 132 valence electrons. The van der Waals surface area contributed by atoms with Crippen LogP contribution >= 0.6 is 0 Å². The number of likely N-dealkylation sites (N-methyl/N-ethyl adjacent to an activating group) is 1. The lowest BCUT2D eigenvalue weighted by Crippen LogP contribution is -2.60. The average molecular weight is 334 g/mol. The summed E-state index contributed by atoms with van der Waals surface area (Å²) in [6.45, 7) is 5.57. The highest BCUT2D eigenvalue weighted by Crippen LogP contribution is 2.33. The van der Waals surface area contributed by atoms with Crippen LogP contribution in [-0.4, -0.2) is 60.6 Å². The summed E-state index contributed by atoms with van der Waals surface area (Å²) in [6, 6.07) is 6.84. The van der Waals surface area contributed by atoms with Crippen molar-refractivity contribution in [3.8, 4) is 0 Å². The summed E-state index contributed by atoms with van der Waals surface area (Å²) >= 11 is 0. The molecule has 2 saturated heterocycles. The van der Waals surface area contributed by atoms with E-state index in [0.717, 1.165) is 50.9 Å². The molecule has 1 aromatic rings. The summed E-state index contributed by atoms with van der Waals surface area (Å²) in [7, 11) is 1.88. The Morgan fingerprint density at radius 1 is 1.33 bits per heavy atom. The standard InChI is InChI=1S/C19H27FN2O2/c1-3-17-18(23)21(2)14-19(24-17)8-11-22(12-9-19)10-7-15-5-4-6-16(20)13-15/h4-6,13,17H,3,7-12,14H2,1-2H3. The average Bonchev–Trinajstić information content (AvgIpc) is 2.58. The number of likely N-dealkylation sites (tertiary alicyclic amines) is 1. The van der Waals surface area contributed by atoms with Crippen molar-refractivity contribution in [3.63, 3.8) is 0 Å². The minimum atomic E-state index is -0.289. The van der Waals surface area contributed by atoms with Crippen molar-refractivity contribution < 1.29 is 13.9 Å². The predicted octanol–water partition coefficient (Wildman–Crippen LogP) is 2.47. The first kappa shape index (κ1) is 17.4. The largest absolute Gasteiger partial charge is 0.360 e. The highest BCUT2D eigenvalue weighted by Gasteiger charge is 2.44. The molecule has 3 rings (SSSR count). The molecule has 1 spiro atoms. The molecule has 0 bridgehead atoms. The number of halogens is 1. The fourth-order valence-electron chi connectivity index (χ4n) is 3.84. The van der Waals surface area contributed by atoms with Gasteiger partial charge < -0.3 is 14.5 Å². The van der Waals surface area contributed by atoms with Crippen LogP contribution in [0.15, 0.2) is 24.3 Å². The minimum Gasteiger partial charge on any atom is -0.360 e. The molecule has 1 unspecified atom stereocenters. The zero-order chi connectivity index (χ0) is 17.2. The molecule has 0 aliphatic carbocycles. The third-order valence-corrected chi connectivity index (χ3v) is 5.31. The summed E-state index contributed by atoms with van der Waals surface area (Å²) in [6.07, 6.45) is 3.20. The number of piperidine rings is 1. The van der Waals surface area contributed by atoms with Crippen LogP contribution in [-0.2, 0) is 16.0 Å². The van der Waals surface area contributed by atoms with Crippen LogP contribution in [0.2, 0.25) is 0 Å². The molecule has 2 fully saturated rings. The first-order chi connectivity index (χ1) is 11.5. The highest BCUT2D eigenvalue weighted by atomic mass is 19.1. The summed E-state index contributed by atoms with van der Waals surface area (Å²) in [5.41, 5.74) is 0.860. The maximum absolute atomic E-state index is 13.2. The normalized spacial score (nSPS) is 24.5. The Balaban J connectivity index is 1.53. The van der Waals surface area contributed by atoms with E-state index in [1.54, 1.807) is 12.1 Å². The molecule has 0 N–H and O–H groups in total. The predicted molar refractivity (Wildman–Crippen MR) is 91.3 cm³/mol. The third-order valence-electron chi connectivity index (χ3n) is 5.31. The van der Waals surface area contributed by atoms with E-state index in [1.807, 2.05) is 24.9 Å². The van der Waals surface area contributed by atoms with E-state index >= 15 is 0 Å². The summed E-state index contributed by atoms with van der Waals surface area (Å²) in [4.78, 5) is 16.3. The molecule has 2 aliphatic rings. The van der Waals surface area contributed by atoms with Gasteiger partial charge in [-0.1, -0.05) is 19.1 Å². The highest BCUT2D eigenvalue weighted by molar-refractivity contribution is 5.81. The molecule has 1 aromatic carbocycles. The van der Waals surface area contributed by atoms with Crippen LogP contribution in [0.1, 0.15) is 31.7 Å². The molecule has 0 aromatic heterocycles. The monoisotopic (exact) mass is 334 g/mol. The summed E-state index contributed by atoms with van der Waals surface area (Å²) in [5, 5.41) is 0. The second-order valence-corrected chi connectivity index (χ2v) is 7.11. The van der Waals surface area contributed by atoms with Crippen LogP contribution in [0.3, 0.4) is 0 Å². The Labute approximate surface area is 143 Å². The lowest BCUT2D eigenvalue weighted by atomic mass is 9.88. The van der Waals surface area contributed by atoms with E-state index in [2.05, 4.69) is 4.90 Å². The number of benzene rings is 1. The van der Waals surface area contributed by atoms with Crippen LogP contribution in [0, 0.1) is 5.82 Å². The van der Waals surface area contributed by atoms with Crippen molar-refractivity contribution in [2.75, 3.05) is 33.2 Å². The van der Waals surface area contributed by atoms with Gasteiger partial charge in [0.2, 0.25) is 0 Å². The van der Waals surface area contributed by atoms with Gasteiger partial charge >= 0.3 is 0 Å². The molecular formula is C19H27FN2O2. The van der Waals surface area contributed by atoms with Crippen LogP contribution in [0.25, 0.3) is 0 Å². The maximum Gasteiger partial charge on any atom is 0.251 e. The van der Waals surface area contributed by atoms with E-state index in [9.17, 15) is 9.18 Å². The molecule has 0 radical (unpaired) electrons. The van der Waals surface area contributed by atoms with Gasteiger partial charge in [0.05, 0.1) is 5.60 Å². The SMILES string of the molecule is CCC1OC2(CCN(CCc3cccc(F)c3)CC2)CN(C)C1=O. The quantitative estimate of drug-likeness (QED) is 0.848. The number of hydrogen-bond acceptors (Lipinski definition) is 3. The summed E-state index contributed by atoms with van der Waals surface area (Å²) < 4.78 is 19.5. The third kappa shape index (κ3) is 3.78. The fourth-order valence-corrected chi connectivity index (χ4v) is 3.84. The van der Waals surface area contributed by atoms with Crippen LogP contribution in [0.5, 0.6) is 0 Å². The van der Waals surface area contributed by atoms with E-state index in [0.29, 0.717) is 6.54 Å². The number of morpholine rings is 1. The van der Waals surface area contributed by atoms with Crippen LogP contribution in [0.4, 0.5) is 4.39 Å². The molecule has 5 heteroatoms. The van der Waals surface area contributed by atoms with Gasteiger partial charge in [0, 0.05) is 33.2 Å².